The highest BCUT2D eigenvalue weighted by Gasteiger charge is 2.21. The van der Waals surface area contributed by atoms with Crippen molar-refractivity contribution in [2.75, 3.05) is 0 Å². The van der Waals surface area contributed by atoms with E-state index in [2.05, 4.69) is 38.7 Å². The lowest BCUT2D eigenvalue weighted by molar-refractivity contribution is 0.114. The fourth-order valence-corrected chi connectivity index (χ4v) is 2.04. The molecular weight excluding hydrogens is 198 g/mol. The molecule has 0 spiro atoms. The van der Waals surface area contributed by atoms with E-state index in [0.29, 0.717) is 6.10 Å². The van der Waals surface area contributed by atoms with Crippen LogP contribution in [0, 0.1) is 6.92 Å². The Morgan fingerprint density at radius 2 is 2.00 bits per heavy atom. The van der Waals surface area contributed by atoms with Crippen LogP contribution in [-0.4, -0.2) is 11.1 Å². The minimum absolute atomic E-state index is 0.159. The summed E-state index contributed by atoms with van der Waals surface area (Å²) in [6.07, 6.45) is 6.03. The van der Waals surface area contributed by atoms with Crippen molar-refractivity contribution in [1.82, 2.24) is 4.98 Å². The summed E-state index contributed by atoms with van der Waals surface area (Å²) in [5.74, 6) is 0.787. The van der Waals surface area contributed by atoms with E-state index in [-0.39, 0.29) is 5.41 Å². The first kappa shape index (κ1) is 11.4. The Bertz CT molecular complexity index is 375. The highest BCUT2D eigenvalue weighted by Crippen LogP contribution is 2.29. The van der Waals surface area contributed by atoms with E-state index in [4.69, 9.17) is 4.74 Å². The van der Waals surface area contributed by atoms with Gasteiger partial charge in [-0.05, 0) is 42.7 Å². The maximum atomic E-state index is 5.79. The molecule has 0 N–H and O–H groups in total. The second kappa shape index (κ2) is 4.08. The third-order valence-electron chi connectivity index (χ3n) is 3.23. The second-order valence-corrected chi connectivity index (χ2v) is 5.76. The molecule has 1 fully saturated rings. The summed E-state index contributed by atoms with van der Waals surface area (Å²) in [6, 6.07) is 2.07. The third kappa shape index (κ3) is 2.37. The highest BCUT2D eigenvalue weighted by molar-refractivity contribution is 5.33. The molecule has 1 aromatic rings. The molecule has 0 aromatic carbocycles. The van der Waals surface area contributed by atoms with Gasteiger partial charge in [0.2, 0.25) is 5.88 Å². The van der Waals surface area contributed by atoms with Crippen molar-refractivity contribution in [3.05, 3.63) is 23.4 Å². The van der Waals surface area contributed by atoms with Crippen molar-refractivity contribution in [2.24, 2.45) is 0 Å². The van der Waals surface area contributed by atoms with Crippen molar-refractivity contribution in [3.63, 3.8) is 0 Å². The SMILES string of the molecule is Cc1cc(OC2CCC2)ncc1C(C)(C)C. The smallest absolute Gasteiger partial charge is 0.213 e. The second-order valence-electron chi connectivity index (χ2n) is 5.76. The van der Waals surface area contributed by atoms with Gasteiger partial charge in [-0.25, -0.2) is 4.98 Å². The molecule has 0 aliphatic heterocycles. The van der Waals surface area contributed by atoms with Crippen LogP contribution >= 0.6 is 0 Å². The quantitative estimate of drug-likeness (QED) is 0.758. The van der Waals surface area contributed by atoms with Gasteiger partial charge in [-0.2, -0.15) is 0 Å². The van der Waals surface area contributed by atoms with Gasteiger partial charge in [0.25, 0.3) is 0 Å². The standard InChI is InChI=1S/C14H21NO/c1-10-8-13(16-11-6-5-7-11)15-9-12(10)14(2,3)4/h8-9,11H,5-7H2,1-4H3. The average Bonchev–Trinajstić information content (AvgIpc) is 2.09. The lowest BCUT2D eigenvalue weighted by Gasteiger charge is -2.27. The van der Waals surface area contributed by atoms with Gasteiger partial charge in [0.15, 0.2) is 0 Å². The van der Waals surface area contributed by atoms with Crippen LogP contribution in [-0.2, 0) is 5.41 Å². The van der Waals surface area contributed by atoms with Crippen LogP contribution in [0.2, 0.25) is 0 Å². The molecule has 1 heterocycles. The van der Waals surface area contributed by atoms with Gasteiger partial charge < -0.3 is 4.74 Å². The zero-order valence-corrected chi connectivity index (χ0v) is 10.7. The van der Waals surface area contributed by atoms with E-state index >= 15 is 0 Å². The Balaban J connectivity index is 2.15. The van der Waals surface area contributed by atoms with Crippen molar-refractivity contribution < 1.29 is 4.74 Å². The molecule has 1 aliphatic carbocycles. The Morgan fingerprint density at radius 3 is 2.44 bits per heavy atom. The first-order valence-corrected chi connectivity index (χ1v) is 6.10. The maximum Gasteiger partial charge on any atom is 0.213 e. The largest absolute Gasteiger partial charge is 0.474 e. The first-order chi connectivity index (χ1) is 7.47. The Morgan fingerprint density at radius 1 is 1.31 bits per heavy atom. The van der Waals surface area contributed by atoms with E-state index in [1.165, 1.54) is 30.4 Å². The average molecular weight is 219 g/mol. The van der Waals surface area contributed by atoms with Crippen molar-refractivity contribution in [2.45, 2.75) is 58.5 Å². The summed E-state index contributed by atoms with van der Waals surface area (Å²) >= 11 is 0. The van der Waals surface area contributed by atoms with Crippen molar-refractivity contribution in [3.8, 4) is 5.88 Å². The van der Waals surface area contributed by atoms with E-state index in [9.17, 15) is 0 Å². The summed E-state index contributed by atoms with van der Waals surface area (Å²) in [5, 5.41) is 0. The number of pyridine rings is 1. The van der Waals surface area contributed by atoms with Crippen LogP contribution in [0.4, 0.5) is 0 Å². The number of aryl methyl sites for hydroxylation is 1. The fraction of sp³-hybridized carbons (Fsp3) is 0.643. The summed E-state index contributed by atoms with van der Waals surface area (Å²) in [6.45, 7) is 8.77. The number of hydrogen-bond donors (Lipinski definition) is 0. The maximum absolute atomic E-state index is 5.79. The van der Waals surface area contributed by atoms with Gasteiger partial charge in [-0.3, -0.25) is 0 Å². The van der Waals surface area contributed by atoms with E-state index < -0.39 is 0 Å². The van der Waals surface area contributed by atoms with E-state index in [0.717, 1.165) is 5.88 Å². The third-order valence-corrected chi connectivity index (χ3v) is 3.23. The van der Waals surface area contributed by atoms with E-state index in [1.54, 1.807) is 0 Å². The zero-order chi connectivity index (χ0) is 11.8. The molecule has 0 atom stereocenters. The Hall–Kier alpha value is -1.05. The number of nitrogens with zero attached hydrogens (tertiary/aromatic N) is 1. The molecule has 0 saturated heterocycles. The molecule has 0 bridgehead atoms. The predicted octanol–water partition coefficient (Wildman–Crippen LogP) is 3.62. The van der Waals surface area contributed by atoms with Gasteiger partial charge in [0, 0.05) is 12.3 Å². The fourth-order valence-electron chi connectivity index (χ4n) is 2.04. The summed E-state index contributed by atoms with van der Waals surface area (Å²) < 4.78 is 5.79. The Labute approximate surface area is 98.0 Å². The summed E-state index contributed by atoms with van der Waals surface area (Å²) in [5.41, 5.74) is 2.73. The lowest BCUT2D eigenvalue weighted by Crippen LogP contribution is -2.25. The van der Waals surface area contributed by atoms with Gasteiger partial charge >= 0.3 is 0 Å². The van der Waals surface area contributed by atoms with Crippen LogP contribution < -0.4 is 4.74 Å². The molecule has 16 heavy (non-hydrogen) atoms. The minimum atomic E-state index is 0.159. The first-order valence-electron chi connectivity index (χ1n) is 6.10. The molecule has 88 valence electrons. The Kier molecular flexibility index (Phi) is 2.92. The highest BCUT2D eigenvalue weighted by atomic mass is 16.5. The molecule has 2 nitrogen and oxygen atoms in total. The van der Waals surface area contributed by atoms with Gasteiger partial charge in [0.1, 0.15) is 6.10 Å². The summed E-state index contributed by atoms with van der Waals surface area (Å²) in [4.78, 5) is 4.41. The molecule has 2 rings (SSSR count). The summed E-state index contributed by atoms with van der Waals surface area (Å²) in [7, 11) is 0. The predicted molar refractivity (Wildman–Crippen MR) is 65.9 cm³/mol. The lowest BCUT2D eigenvalue weighted by atomic mass is 9.85. The zero-order valence-electron chi connectivity index (χ0n) is 10.7. The number of aromatic nitrogens is 1. The van der Waals surface area contributed by atoms with E-state index in [1.807, 2.05) is 6.20 Å². The van der Waals surface area contributed by atoms with Gasteiger partial charge in [0.05, 0.1) is 0 Å². The van der Waals surface area contributed by atoms with Crippen LogP contribution in [0.1, 0.15) is 51.2 Å². The molecule has 2 heteroatoms. The molecule has 0 unspecified atom stereocenters. The number of hydrogen-bond acceptors (Lipinski definition) is 2. The number of ether oxygens (including phenoxy) is 1. The molecule has 1 aliphatic rings. The van der Waals surface area contributed by atoms with Crippen LogP contribution in [0.3, 0.4) is 0 Å². The molecule has 0 amide bonds. The molecule has 1 aromatic heterocycles. The molecule has 1 saturated carbocycles. The van der Waals surface area contributed by atoms with Gasteiger partial charge in [-0.1, -0.05) is 20.8 Å². The van der Waals surface area contributed by atoms with Gasteiger partial charge in [-0.15, -0.1) is 0 Å². The topological polar surface area (TPSA) is 22.1 Å². The normalized spacial score (nSPS) is 17.0. The van der Waals surface area contributed by atoms with Crippen molar-refractivity contribution >= 4 is 0 Å². The van der Waals surface area contributed by atoms with Crippen molar-refractivity contribution in [1.29, 1.82) is 0 Å². The minimum Gasteiger partial charge on any atom is -0.474 e. The monoisotopic (exact) mass is 219 g/mol. The number of rotatable bonds is 2. The van der Waals surface area contributed by atoms with Crippen LogP contribution in [0.5, 0.6) is 5.88 Å². The van der Waals surface area contributed by atoms with Crippen LogP contribution in [0.15, 0.2) is 12.3 Å². The molecule has 0 radical (unpaired) electrons. The molecular formula is C14H21NO. The van der Waals surface area contributed by atoms with Crippen LogP contribution in [0.25, 0.3) is 0 Å².